The maximum Gasteiger partial charge on any atom is 0.337 e. The van der Waals surface area contributed by atoms with Crippen molar-refractivity contribution in [3.05, 3.63) is 24.0 Å². The van der Waals surface area contributed by atoms with Gasteiger partial charge in [-0.15, -0.1) is 0 Å². The Balaban J connectivity index is 2.06. The zero-order chi connectivity index (χ0) is 14.5. The molecule has 0 aromatic carbocycles. The molecule has 2 heterocycles. The van der Waals surface area contributed by atoms with Crippen molar-refractivity contribution in [3.8, 4) is 0 Å². The molecule has 1 aromatic heterocycles. The zero-order valence-electron chi connectivity index (χ0n) is 11.2. The van der Waals surface area contributed by atoms with E-state index in [2.05, 4.69) is 10.3 Å². The second-order valence-electron chi connectivity index (χ2n) is 4.53. The molecule has 2 rings (SSSR count). The lowest BCUT2D eigenvalue weighted by atomic mass is 10.2. The first-order chi connectivity index (χ1) is 9.61. The number of hydrogen-bond acceptors (Lipinski definition) is 4. The van der Waals surface area contributed by atoms with E-state index in [1.54, 1.807) is 4.90 Å². The average Bonchev–Trinajstić information content (AvgIpc) is 2.47. The van der Waals surface area contributed by atoms with Crippen LogP contribution in [0.5, 0.6) is 0 Å². The van der Waals surface area contributed by atoms with Crippen molar-refractivity contribution >= 4 is 17.7 Å². The number of carboxylic acid groups (broad SMARTS) is 1. The molecule has 0 saturated carbocycles. The third-order valence-electron chi connectivity index (χ3n) is 3.20. The quantitative estimate of drug-likeness (QED) is 0.873. The average molecular weight is 279 g/mol. The van der Waals surface area contributed by atoms with Crippen LogP contribution >= 0.6 is 0 Å². The minimum absolute atomic E-state index is 0.0387. The van der Waals surface area contributed by atoms with E-state index in [0.29, 0.717) is 25.4 Å². The number of carbonyl (C=O) groups is 2. The SMILES string of the molecule is CCC1COCCN1C(=O)Nc1cncc(C(=O)O)c1. The minimum Gasteiger partial charge on any atom is -0.478 e. The lowest BCUT2D eigenvalue weighted by molar-refractivity contribution is 0.0144. The van der Waals surface area contributed by atoms with Gasteiger partial charge in [-0.2, -0.15) is 0 Å². The number of urea groups is 1. The van der Waals surface area contributed by atoms with Crippen LogP contribution in [0.3, 0.4) is 0 Å². The van der Waals surface area contributed by atoms with Gasteiger partial charge in [-0.1, -0.05) is 6.92 Å². The van der Waals surface area contributed by atoms with Crippen LogP contribution in [-0.4, -0.2) is 52.8 Å². The lowest BCUT2D eigenvalue weighted by Crippen LogP contribution is -2.50. The number of hydrogen-bond donors (Lipinski definition) is 2. The van der Waals surface area contributed by atoms with Crippen molar-refractivity contribution in [3.63, 3.8) is 0 Å². The Morgan fingerprint density at radius 1 is 1.55 bits per heavy atom. The molecule has 108 valence electrons. The summed E-state index contributed by atoms with van der Waals surface area (Å²) in [6.07, 6.45) is 3.47. The number of carboxylic acids is 1. The smallest absolute Gasteiger partial charge is 0.337 e. The molecule has 0 bridgehead atoms. The fraction of sp³-hybridized carbons (Fsp3) is 0.462. The van der Waals surface area contributed by atoms with Crippen molar-refractivity contribution in [2.24, 2.45) is 0 Å². The molecule has 2 amide bonds. The molecule has 20 heavy (non-hydrogen) atoms. The molecule has 0 radical (unpaired) electrons. The highest BCUT2D eigenvalue weighted by Gasteiger charge is 2.26. The predicted octanol–water partition coefficient (Wildman–Crippen LogP) is 1.42. The van der Waals surface area contributed by atoms with Gasteiger partial charge in [-0.05, 0) is 12.5 Å². The second-order valence-corrected chi connectivity index (χ2v) is 4.53. The Bertz CT molecular complexity index is 506. The van der Waals surface area contributed by atoms with Gasteiger partial charge in [0, 0.05) is 12.7 Å². The van der Waals surface area contributed by atoms with E-state index in [1.807, 2.05) is 6.92 Å². The van der Waals surface area contributed by atoms with E-state index in [0.717, 1.165) is 6.42 Å². The minimum atomic E-state index is -1.08. The summed E-state index contributed by atoms with van der Waals surface area (Å²) in [5.41, 5.74) is 0.410. The molecule has 7 heteroatoms. The molecule has 1 aliphatic heterocycles. The van der Waals surface area contributed by atoms with Crippen molar-refractivity contribution in [2.45, 2.75) is 19.4 Å². The number of rotatable bonds is 3. The number of amides is 2. The summed E-state index contributed by atoms with van der Waals surface area (Å²) < 4.78 is 5.34. The van der Waals surface area contributed by atoms with E-state index < -0.39 is 5.97 Å². The molecule has 1 saturated heterocycles. The number of carbonyl (C=O) groups excluding carboxylic acids is 1. The molecule has 1 aromatic rings. The lowest BCUT2D eigenvalue weighted by Gasteiger charge is -2.34. The van der Waals surface area contributed by atoms with Gasteiger partial charge in [-0.25, -0.2) is 9.59 Å². The number of anilines is 1. The highest BCUT2D eigenvalue weighted by Crippen LogP contribution is 2.14. The Labute approximate surface area is 116 Å². The largest absolute Gasteiger partial charge is 0.478 e. The monoisotopic (exact) mass is 279 g/mol. The van der Waals surface area contributed by atoms with Crippen LogP contribution in [0.15, 0.2) is 18.5 Å². The summed E-state index contributed by atoms with van der Waals surface area (Å²) >= 11 is 0. The molecule has 1 aliphatic rings. The first-order valence-corrected chi connectivity index (χ1v) is 6.45. The number of ether oxygens (including phenoxy) is 1. The zero-order valence-corrected chi connectivity index (χ0v) is 11.2. The molecule has 1 unspecified atom stereocenters. The van der Waals surface area contributed by atoms with Crippen LogP contribution in [0, 0.1) is 0 Å². The highest BCUT2D eigenvalue weighted by atomic mass is 16.5. The highest BCUT2D eigenvalue weighted by molar-refractivity contribution is 5.92. The van der Waals surface area contributed by atoms with E-state index in [-0.39, 0.29) is 17.6 Å². The van der Waals surface area contributed by atoms with Gasteiger partial charge in [0.2, 0.25) is 0 Å². The number of aromatic nitrogens is 1. The van der Waals surface area contributed by atoms with Crippen molar-refractivity contribution < 1.29 is 19.4 Å². The standard InChI is InChI=1S/C13H17N3O4/c1-2-11-8-20-4-3-16(11)13(19)15-10-5-9(12(17)18)6-14-7-10/h5-7,11H,2-4,8H2,1H3,(H,15,19)(H,17,18). The first-order valence-electron chi connectivity index (χ1n) is 6.45. The Morgan fingerprint density at radius 2 is 2.35 bits per heavy atom. The molecule has 1 fully saturated rings. The van der Waals surface area contributed by atoms with Crippen molar-refractivity contribution in [1.82, 2.24) is 9.88 Å². The number of pyridine rings is 1. The van der Waals surface area contributed by atoms with E-state index in [9.17, 15) is 9.59 Å². The fourth-order valence-corrected chi connectivity index (χ4v) is 2.08. The summed E-state index contributed by atoms with van der Waals surface area (Å²) in [4.78, 5) is 28.6. The fourth-order valence-electron chi connectivity index (χ4n) is 2.08. The molecule has 2 N–H and O–H groups in total. The molecular formula is C13H17N3O4. The maximum atomic E-state index is 12.2. The van der Waals surface area contributed by atoms with E-state index in [4.69, 9.17) is 9.84 Å². The van der Waals surface area contributed by atoms with Gasteiger partial charge in [0.05, 0.1) is 36.7 Å². The number of morpholine rings is 1. The molecule has 0 spiro atoms. The van der Waals surface area contributed by atoms with Crippen molar-refractivity contribution in [1.29, 1.82) is 0 Å². The van der Waals surface area contributed by atoms with Gasteiger partial charge in [0.25, 0.3) is 0 Å². The van der Waals surface area contributed by atoms with Crippen LogP contribution in [0.2, 0.25) is 0 Å². The van der Waals surface area contributed by atoms with Crippen LogP contribution in [0.1, 0.15) is 23.7 Å². The Hall–Kier alpha value is -2.15. The van der Waals surface area contributed by atoms with Crippen LogP contribution in [0.4, 0.5) is 10.5 Å². The third-order valence-corrected chi connectivity index (χ3v) is 3.20. The van der Waals surface area contributed by atoms with Gasteiger partial charge in [0.15, 0.2) is 0 Å². The molecular weight excluding hydrogens is 262 g/mol. The van der Waals surface area contributed by atoms with Crippen LogP contribution < -0.4 is 5.32 Å². The summed E-state index contributed by atoms with van der Waals surface area (Å²) in [6.45, 7) is 3.55. The molecule has 7 nitrogen and oxygen atoms in total. The third kappa shape index (κ3) is 3.24. The number of nitrogens with zero attached hydrogens (tertiary/aromatic N) is 2. The predicted molar refractivity (Wildman–Crippen MR) is 71.8 cm³/mol. The summed E-state index contributed by atoms with van der Waals surface area (Å²) in [6, 6.07) is 1.16. The van der Waals surface area contributed by atoms with Gasteiger partial charge >= 0.3 is 12.0 Å². The van der Waals surface area contributed by atoms with Crippen LogP contribution in [0.25, 0.3) is 0 Å². The number of aromatic carboxylic acids is 1. The van der Waals surface area contributed by atoms with Gasteiger partial charge < -0.3 is 20.1 Å². The van der Waals surface area contributed by atoms with Gasteiger partial charge in [0.1, 0.15) is 0 Å². The van der Waals surface area contributed by atoms with E-state index >= 15 is 0 Å². The second kappa shape index (κ2) is 6.33. The normalized spacial score (nSPS) is 18.6. The summed E-state index contributed by atoms with van der Waals surface area (Å²) in [5, 5.41) is 11.6. The van der Waals surface area contributed by atoms with E-state index in [1.165, 1.54) is 18.5 Å². The van der Waals surface area contributed by atoms with Gasteiger partial charge in [-0.3, -0.25) is 4.98 Å². The Morgan fingerprint density at radius 3 is 3.05 bits per heavy atom. The Kier molecular flexibility index (Phi) is 4.52. The molecule has 0 aliphatic carbocycles. The maximum absolute atomic E-state index is 12.2. The first kappa shape index (κ1) is 14.3. The van der Waals surface area contributed by atoms with Crippen molar-refractivity contribution in [2.75, 3.05) is 25.1 Å². The summed E-state index contributed by atoms with van der Waals surface area (Å²) in [5.74, 6) is -1.08. The number of nitrogens with one attached hydrogen (secondary N) is 1. The summed E-state index contributed by atoms with van der Waals surface area (Å²) in [7, 11) is 0. The van der Waals surface area contributed by atoms with Crippen LogP contribution in [-0.2, 0) is 4.74 Å². The topological polar surface area (TPSA) is 91.8 Å². The molecule has 1 atom stereocenters.